The Kier molecular flexibility index (Phi) is 8.28. The van der Waals surface area contributed by atoms with E-state index in [1.54, 1.807) is 12.1 Å². The van der Waals surface area contributed by atoms with Gasteiger partial charge in [-0.05, 0) is 48.4 Å². The first-order chi connectivity index (χ1) is 15.0. The van der Waals surface area contributed by atoms with E-state index in [1.807, 2.05) is 67.6 Å². The lowest BCUT2D eigenvalue weighted by Gasteiger charge is -2.17. The van der Waals surface area contributed by atoms with Crippen molar-refractivity contribution in [2.45, 2.75) is 34.8 Å². The number of benzene rings is 3. The molecule has 3 rings (SSSR count). The van der Waals surface area contributed by atoms with Crippen LogP contribution >= 0.6 is 11.8 Å². The van der Waals surface area contributed by atoms with E-state index in [-0.39, 0.29) is 10.8 Å². The molecule has 1 amide bonds. The monoisotopic (exact) mass is 454 g/mol. The molecule has 0 heterocycles. The van der Waals surface area contributed by atoms with Crippen LogP contribution in [0.3, 0.4) is 0 Å². The van der Waals surface area contributed by atoms with Gasteiger partial charge in [-0.15, -0.1) is 11.8 Å². The van der Waals surface area contributed by atoms with Crippen molar-refractivity contribution >= 4 is 33.4 Å². The molecule has 0 unspecified atom stereocenters. The van der Waals surface area contributed by atoms with Crippen molar-refractivity contribution in [1.82, 2.24) is 4.72 Å². The zero-order valence-corrected chi connectivity index (χ0v) is 19.0. The van der Waals surface area contributed by atoms with Crippen LogP contribution in [-0.2, 0) is 14.8 Å². The summed E-state index contributed by atoms with van der Waals surface area (Å²) in [5.74, 6) is -0.170. The van der Waals surface area contributed by atoms with Gasteiger partial charge in [0.25, 0.3) is 0 Å². The summed E-state index contributed by atoms with van der Waals surface area (Å²) < 4.78 is 27.3. The maximum atomic E-state index is 13.1. The second-order valence-corrected chi connectivity index (χ2v) is 9.93. The fourth-order valence-electron chi connectivity index (χ4n) is 2.93. The first-order valence-electron chi connectivity index (χ1n) is 10.2. The summed E-state index contributed by atoms with van der Waals surface area (Å²) in [6.07, 6.45) is 1.70. The Balaban J connectivity index is 1.74. The molecule has 0 aliphatic rings. The van der Waals surface area contributed by atoms with Crippen LogP contribution in [0, 0.1) is 0 Å². The summed E-state index contributed by atoms with van der Waals surface area (Å²) >= 11 is 1.47. The third-order valence-corrected chi connectivity index (χ3v) is 7.34. The van der Waals surface area contributed by atoms with Crippen LogP contribution < -0.4 is 10.0 Å². The molecule has 1 atom stereocenters. The minimum atomic E-state index is -3.54. The smallest absolute Gasteiger partial charge is 0.242 e. The molecular weight excluding hydrogens is 428 g/mol. The molecule has 0 aliphatic carbocycles. The van der Waals surface area contributed by atoms with Crippen LogP contribution in [-0.4, -0.2) is 20.9 Å². The highest BCUT2D eigenvalue weighted by Crippen LogP contribution is 2.36. The highest BCUT2D eigenvalue weighted by molar-refractivity contribution is 8.00. The van der Waals surface area contributed by atoms with Crippen molar-refractivity contribution in [3.8, 4) is 0 Å². The quantitative estimate of drug-likeness (QED) is 0.325. The Bertz CT molecular complexity index is 1070. The lowest BCUT2D eigenvalue weighted by Crippen LogP contribution is -2.24. The zero-order valence-electron chi connectivity index (χ0n) is 17.3. The van der Waals surface area contributed by atoms with Gasteiger partial charge in [0.1, 0.15) is 5.25 Å². The molecule has 0 aromatic heterocycles. The maximum absolute atomic E-state index is 13.1. The van der Waals surface area contributed by atoms with Crippen molar-refractivity contribution in [3.05, 3.63) is 90.5 Å². The van der Waals surface area contributed by atoms with Gasteiger partial charge in [0.15, 0.2) is 0 Å². The van der Waals surface area contributed by atoms with Gasteiger partial charge in [-0.2, -0.15) is 0 Å². The van der Waals surface area contributed by atoms with Crippen LogP contribution in [0.15, 0.2) is 94.7 Å². The standard InChI is InChI=1S/C24H26N2O3S2/c1-2-3-18-25-31(28,29)22-16-14-20(15-17-22)26-24(27)23(19-10-6-4-7-11-19)30-21-12-8-5-9-13-21/h4-17,23,25H,2-3,18H2,1H3,(H,26,27)/t23-/m0/s1. The molecule has 3 aromatic rings. The number of anilines is 1. The number of amides is 1. The molecule has 0 fully saturated rings. The lowest BCUT2D eigenvalue weighted by atomic mass is 10.1. The van der Waals surface area contributed by atoms with Gasteiger partial charge in [-0.25, -0.2) is 13.1 Å². The van der Waals surface area contributed by atoms with Gasteiger partial charge in [0.2, 0.25) is 15.9 Å². The highest BCUT2D eigenvalue weighted by atomic mass is 32.2. The van der Waals surface area contributed by atoms with E-state index in [2.05, 4.69) is 10.0 Å². The second-order valence-electron chi connectivity index (χ2n) is 6.99. The molecule has 0 saturated carbocycles. The molecule has 162 valence electrons. The average Bonchev–Trinajstić information content (AvgIpc) is 2.79. The zero-order chi connectivity index (χ0) is 22.1. The van der Waals surface area contributed by atoms with Crippen molar-refractivity contribution in [2.75, 3.05) is 11.9 Å². The van der Waals surface area contributed by atoms with E-state index in [1.165, 1.54) is 23.9 Å². The van der Waals surface area contributed by atoms with E-state index in [0.29, 0.717) is 12.2 Å². The Morgan fingerprint density at radius 3 is 2.13 bits per heavy atom. The van der Waals surface area contributed by atoms with Crippen LogP contribution in [0.1, 0.15) is 30.6 Å². The first-order valence-corrected chi connectivity index (χ1v) is 12.5. The Labute approximate surface area is 188 Å². The van der Waals surface area contributed by atoms with Gasteiger partial charge in [-0.1, -0.05) is 61.9 Å². The van der Waals surface area contributed by atoms with Crippen LogP contribution in [0.5, 0.6) is 0 Å². The number of sulfonamides is 1. The fourth-order valence-corrected chi connectivity index (χ4v) is 5.05. The van der Waals surface area contributed by atoms with Crippen molar-refractivity contribution < 1.29 is 13.2 Å². The molecule has 5 nitrogen and oxygen atoms in total. The van der Waals surface area contributed by atoms with Crippen LogP contribution in [0.25, 0.3) is 0 Å². The number of carbonyl (C=O) groups excluding carboxylic acids is 1. The SMILES string of the molecule is CCCCNS(=O)(=O)c1ccc(NC(=O)[C@@H](Sc2ccccc2)c2ccccc2)cc1. The van der Waals surface area contributed by atoms with E-state index in [9.17, 15) is 13.2 Å². The lowest BCUT2D eigenvalue weighted by molar-refractivity contribution is -0.115. The molecule has 0 spiro atoms. The van der Waals surface area contributed by atoms with Crippen molar-refractivity contribution in [2.24, 2.45) is 0 Å². The number of hydrogen-bond donors (Lipinski definition) is 2. The summed E-state index contributed by atoms with van der Waals surface area (Å²) in [6, 6.07) is 25.6. The summed E-state index contributed by atoms with van der Waals surface area (Å²) in [5.41, 5.74) is 1.44. The van der Waals surface area contributed by atoms with E-state index in [4.69, 9.17) is 0 Å². The molecule has 0 aliphatic heterocycles. The molecule has 2 N–H and O–H groups in total. The summed E-state index contributed by atoms with van der Waals surface area (Å²) in [5, 5.41) is 2.47. The largest absolute Gasteiger partial charge is 0.325 e. The van der Waals surface area contributed by atoms with Gasteiger partial charge in [-0.3, -0.25) is 4.79 Å². The predicted molar refractivity (Wildman–Crippen MR) is 127 cm³/mol. The van der Waals surface area contributed by atoms with E-state index < -0.39 is 15.3 Å². The first kappa shape index (κ1) is 23.1. The Morgan fingerprint density at radius 1 is 0.903 bits per heavy atom. The predicted octanol–water partition coefficient (Wildman–Crippen LogP) is 5.24. The summed E-state index contributed by atoms with van der Waals surface area (Å²) in [7, 11) is -3.54. The van der Waals surface area contributed by atoms with Gasteiger partial charge in [0.05, 0.1) is 4.90 Å². The number of unbranched alkanes of at least 4 members (excludes halogenated alkanes) is 1. The number of carbonyl (C=O) groups is 1. The molecule has 7 heteroatoms. The van der Waals surface area contributed by atoms with Crippen molar-refractivity contribution in [3.63, 3.8) is 0 Å². The van der Waals surface area contributed by atoms with E-state index in [0.717, 1.165) is 23.3 Å². The Hall–Kier alpha value is -2.61. The third-order valence-electron chi connectivity index (χ3n) is 4.59. The highest BCUT2D eigenvalue weighted by Gasteiger charge is 2.22. The minimum absolute atomic E-state index is 0.170. The maximum Gasteiger partial charge on any atom is 0.242 e. The van der Waals surface area contributed by atoms with Crippen LogP contribution in [0.2, 0.25) is 0 Å². The molecule has 0 radical (unpaired) electrons. The fraction of sp³-hybridized carbons (Fsp3) is 0.208. The molecular formula is C24H26N2O3S2. The Morgan fingerprint density at radius 2 is 1.52 bits per heavy atom. The van der Waals surface area contributed by atoms with Crippen molar-refractivity contribution in [1.29, 1.82) is 0 Å². The second kappa shape index (κ2) is 11.1. The average molecular weight is 455 g/mol. The normalized spacial score (nSPS) is 12.3. The van der Waals surface area contributed by atoms with E-state index >= 15 is 0 Å². The number of hydrogen-bond acceptors (Lipinski definition) is 4. The third kappa shape index (κ3) is 6.69. The van der Waals surface area contributed by atoms with Gasteiger partial charge in [0, 0.05) is 17.1 Å². The molecule has 31 heavy (non-hydrogen) atoms. The summed E-state index contributed by atoms with van der Waals surface area (Å²) in [4.78, 5) is 14.3. The molecule has 3 aromatic carbocycles. The topological polar surface area (TPSA) is 75.3 Å². The van der Waals surface area contributed by atoms with Crippen LogP contribution in [0.4, 0.5) is 5.69 Å². The number of rotatable bonds is 10. The van der Waals surface area contributed by atoms with Gasteiger partial charge < -0.3 is 5.32 Å². The minimum Gasteiger partial charge on any atom is -0.325 e. The molecule has 0 bridgehead atoms. The molecule has 0 saturated heterocycles. The van der Waals surface area contributed by atoms with Gasteiger partial charge >= 0.3 is 0 Å². The number of thioether (sulfide) groups is 1. The summed E-state index contributed by atoms with van der Waals surface area (Å²) in [6.45, 7) is 2.41. The number of nitrogens with one attached hydrogen (secondary N) is 2.